The number of hydrogen-bond acceptors (Lipinski definition) is 4. The number of likely N-dealkylation sites (N-methyl/N-ethyl adjacent to an activating group) is 1. The molecule has 0 aliphatic carbocycles. The van der Waals surface area contributed by atoms with E-state index in [1.165, 1.54) is 0 Å². The van der Waals surface area contributed by atoms with Crippen LogP contribution >= 0.6 is 11.6 Å². The zero-order valence-corrected chi connectivity index (χ0v) is 17.1. The van der Waals surface area contributed by atoms with Crippen molar-refractivity contribution in [3.63, 3.8) is 0 Å². The Hall–Kier alpha value is -1.95. The van der Waals surface area contributed by atoms with Crippen molar-refractivity contribution in [2.75, 3.05) is 33.3 Å². The third kappa shape index (κ3) is 5.53. The lowest BCUT2D eigenvalue weighted by Crippen LogP contribution is -2.51. The molecule has 2 aromatic rings. The van der Waals surface area contributed by atoms with Gasteiger partial charge in [-0.3, -0.25) is 14.7 Å². The second-order valence-corrected chi connectivity index (χ2v) is 8.35. The SMILES string of the molecule is CN(CC(=O)N1CCC[C@](CO)(Cc2cccc(Cl)c2)C1)Cc1cccnc1. The largest absolute Gasteiger partial charge is 0.396 e. The molecule has 1 N–H and O–H groups in total. The molecule has 1 atom stereocenters. The Bertz CT molecular complexity index is 786. The summed E-state index contributed by atoms with van der Waals surface area (Å²) in [6.45, 7) is 2.43. The molecule has 0 saturated carbocycles. The third-order valence-corrected chi connectivity index (χ3v) is 5.63. The van der Waals surface area contributed by atoms with Crippen molar-refractivity contribution < 1.29 is 9.90 Å². The lowest BCUT2D eigenvalue weighted by atomic mass is 9.75. The van der Waals surface area contributed by atoms with E-state index in [4.69, 9.17) is 11.6 Å². The number of nitrogens with zero attached hydrogens (tertiary/aromatic N) is 3. The van der Waals surface area contributed by atoms with E-state index in [-0.39, 0.29) is 17.9 Å². The van der Waals surface area contributed by atoms with Crippen LogP contribution in [0.3, 0.4) is 0 Å². The normalized spacial score (nSPS) is 19.8. The van der Waals surface area contributed by atoms with Crippen LogP contribution in [0.4, 0.5) is 0 Å². The number of amides is 1. The van der Waals surface area contributed by atoms with Crippen LogP contribution in [0.25, 0.3) is 0 Å². The van der Waals surface area contributed by atoms with Crippen LogP contribution < -0.4 is 0 Å². The summed E-state index contributed by atoms with van der Waals surface area (Å²) in [6.07, 6.45) is 6.10. The second-order valence-electron chi connectivity index (χ2n) is 7.92. The van der Waals surface area contributed by atoms with E-state index in [1.54, 1.807) is 6.20 Å². The summed E-state index contributed by atoms with van der Waals surface area (Å²) in [6, 6.07) is 11.7. The first-order valence-electron chi connectivity index (χ1n) is 9.70. The maximum atomic E-state index is 12.9. The number of carbonyl (C=O) groups is 1. The van der Waals surface area contributed by atoms with Crippen molar-refractivity contribution in [1.29, 1.82) is 0 Å². The topological polar surface area (TPSA) is 56.7 Å². The number of piperidine rings is 1. The van der Waals surface area contributed by atoms with E-state index >= 15 is 0 Å². The van der Waals surface area contributed by atoms with Gasteiger partial charge in [0.15, 0.2) is 0 Å². The Kier molecular flexibility index (Phi) is 7.05. The van der Waals surface area contributed by atoms with Crippen molar-refractivity contribution in [1.82, 2.24) is 14.8 Å². The Morgan fingerprint density at radius 2 is 2.14 bits per heavy atom. The van der Waals surface area contributed by atoms with E-state index in [0.29, 0.717) is 24.7 Å². The number of likely N-dealkylation sites (tertiary alicyclic amines) is 1. The molecule has 0 bridgehead atoms. The number of aromatic nitrogens is 1. The van der Waals surface area contributed by atoms with Gasteiger partial charge in [0, 0.05) is 42.5 Å². The summed E-state index contributed by atoms with van der Waals surface area (Å²) in [5, 5.41) is 10.9. The van der Waals surface area contributed by atoms with Gasteiger partial charge in [-0.1, -0.05) is 29.8 Å². The number of pyridine rings is 1. The highest BCUT2D eigenvalue weighted by Gasteiger charge is 2.37. The summed E-state index contributed by atoms with van der Waals surface area (Å²) in [4.78, 5) is 20.9. The lowest BCUT2D eigenvalue weighted by Gasteiger charge is -2.42. The molecule has 150 valence electrons. The van der Waals surface area contributed by atoms with Crippen LogP contribution in [0.15, 0.2) is 48.8 Å². The highest BCUT2D eigenvalue weighted by molar-refractivity contribution is 6.30. The first kappa shape index (κ1) is 20.8. The third-order valence-electron chi connectivity index (χ3n) is 5.40. The molecule has 1 fully saturated rings. The van der Waals surface area contributed by atoms with Crippen molar-refractivity contribution in [2.45, 2.75) is 25.8 Å². The second kappa shape index (κ2) is 9.50. The fourth-order valence-electron chi connectivity index (χ4n) is 4.02. The van der Waals surface area contributed by atoms with Crippen LogP contribution in [0.1, 0.15) is 24.0 Å². The van der Waals surface area contributed by atoms with Crippen molar-refractivity contribution in [3.05, 3.63) is 64.9 Å². The van der Waals surface area contributed by atoms with Gasteiger partial charge in [-0.05, 0) is 55.6 Å². The van der Waals surface area contributed by atoms with Crippen molar-refractivity contribution in [3.8, 4) is 0 Å². The van der Waals surface area contributed by atoms with E-state index in [1.807, 2.05) is 59.4 Å². The van der Waals surface area contributed by atoms with Crippen LogP contribution in [0.2, 0.25) is 5.02 Å². The number of halogens is 1. The molecule has 2 heterocycles. The monoisotopic (exact) mass is 401 g/mol. The van der Waals surface area contributed by atoms with Gasteiger partial charge in [-0.25, -0.2) is 0 Å². The van der Waals surface area contributed by atoms with E-state index in [0.717, 1.165) is 36.9 Å². The fraction of sp³-hybridized carbons (Fsp3) is 0.455. The van der Waals surface area contributed by atoms with Crippen LogP contribution in [0, 0.1) is 5.41 Å². The van der Waals surface area contributed by atoms with Gasteiger partial charge in [0.2, 0.25) is 5.91 Å². The minimum absolute atomic E-state index is 0.0643. The molecule has 1 aliphatic rings. The van der Waals surface area contributed by atoms with Gasteiger partial charge in [0.25, 0.3) is 0 Å². The van der Waals surface area contributed by atoms with Crippen molar-refractivity contribution >= 4 is 17.5 Å². The fourth-order valence-corrected chi connectivity index (χ4v) is 4.23. The first-order valence-corrected chi connectivity index (χ1v) is 10.1. The minimum Gasteiger partial charge on any atom is -0.396 e. The minimum atomic E-state index is -0.305. The Balaban J connectivity index is 1.61. The maximum Gasteiger partial charge on any atom is 0.236 e. The molecule has 0 unspecified atom stereocenters. The van der Waals surface area contributed by atoms with Gasteiger partial charge < -0.3 is 10.0 Å². The van der Waals surface area contributed by atoms with Crippen LogP contribution in [0.5, 0.6) is 0 Å². The molecule has 1 aliphatic heterocycles. The lowest BCUT2D eigenvalue weighted by molar-refractivity contribution is -0.136. The predicted octanol–water partition coefficient (Wildman–Crippen LogP) is 3.01. The highest BCUT2D eigenvalue weighted by Crippen LogP contribution is 2.34. The van der Waals surface area contributed by atoms with Gasteiger partial charge in [-0.2, -0.15) is 0 Å². The Labute approximate surface area is 171 Å². The van der Waals surface area contributed by atoms with Crippen molar-refractivity contribution in [2.24, 2.45) is 5.41 Å². The molecular formula is C22H28ClN3O2. The van der Waals surface area contributed by atoms with E-state index in [2.05, 4.69) is 4.98 Å². The summed E-state index contributed by atoms with van der Waals surface area (Å²) >= 11 is 6.12. The molecule has 1 saturated heterocycles. The molecule has 3 rings (SSSR count). The highest BCUT2D eigenvalue weighted by atomic mass is 35.5. The van der Waals surface area contributed by atoms with Gasteiger partial charge in [0.05, 0.1) is 13.2 Å². The number of aliphatic hydroxyl groups excluding tert-OH is 1. The molecule has 6 heteroatoms. The number of aliphatic hydroxyl groups is 1. The predicted molar refractivity (Wildman–Crippen MR) is 111 cm³/mol. The quantitative estimate of drug-likeness (QED) is 0.774. The molecular weight excluding hydrogens is 374 g/mol. The van der Waals surface area contributed by atoms with E-state index < -0.39 is 0 Å². The number of hydrogen-bond donors (Lipinski definition) is 1. The summed E-state index contributed by atoms with van der Waals surface area (Å²) in [5.74, 6) is 0.106. The summed E-state index contributed by atoms with van der Waals surface area (Å²) in [7, 11) is 1.94. The van der Waals surface area contributed by atoms with Gasteiger partial charge >= 0.3 is 0 Å². The van der Waals surface area contributed by atoms with E-state index in [9.17, 15) is 9.90 Å². The van der Waals surface area contributed by atoms with Gasteiger partial charge in [-0.15, -0.1) is 0 Å². The maximum absolute atomic E-state index is 12.9. The number of rotatable bonds is 7. The first-order chi connectivity index (χ1) is 13.5. The van der Waals surface area contributed by atoms with Crippen LogP contribution in [-0.2, 0) is 17.8 Å². The smallest absolute Gasteiger partial charge is 0.236 e. The average Bonchev–Trinajstić information content (AvgIpc) is 2.69. The Morgan fingerprint density at radius 1 is 1.32 bits per heavy atom. The zero-order chi connectivity index (χ0) is 20.0. The number of carbonyl (C=O) groups excluding carboxylic acids is 1. The molecule has 0 radical (unpaired) electrons. The van der Waals surface area contributed by atoms with Gasteiger partial charge in [0.1, 0.15) is 0 Å². The number of benzene rings is 1. The summed E-state index contributed by atoms with van der Waals surface area (Å²) < 4.78 is 0. The molecule has 1 aromatic carbocycles. The average molecular weight is 402 g/mol. The zero-order valence-electron chi connectivity index (χ0n) is 16.4. The molecule has 0 spiro atoms. The summed E-state index contributed by atoms with van der Waals surface area (Å²) in [5.41, 5.74) is 1.88. The van der Waals surface area contributed by atoms with Crippen LogP contribution in [-0.4, -0.2) is 59.1 Å². The molecule has 28 heavy (non-hydrogen) atoms. The Morgan fingerprint density at radius 3 is 2.86 bits per heavy atom. The molecule has 1 amide bonds. The standard InChI is InChI=1S/C22H28ClN3O2/c1-25(14-19-6-3-9-24-13-19)15-21(28)26-10-4-8-22(16-26,17-27)12-18-5-2-7-20(23)11-18/h2-3,5-7,9,11,13,27H,4,8,10,12,14-17H2,1H3/t22-/m0/s1. The molecule has 5 nitrogen and oxygen atoms in total. The molecule has 1 aromatic heterocycles.